The average molecular weight is 668 g/mol. The van der Waals surface area contributed by atoms with Crippen molar-refractivity contribution in [1.82, 2.24) is 19.6 Å². The molecule has 0 atom stereocenters. The number of ether oxygens (including phenoxy) is 2. The first-order valence-corrected chi connectivity index (χ1v) is 13.9. The maximum absolute atomic E-state index is 13.4. The zero-order valence-electron chi connectivity index (χ0n) is 21.9. The topological polar surface area (TPSA) is 157 Å². The maximum atomic E-state index is 13.4. The van der Waals surface area contributed by atoms with E-state index in [1.165, 1.54) is 53.1 Å². The molecule has 0 aliphatic heterocycles. The molecule has 3 rings (SSSR count). The quantitative estimate of drug-likeness (QED) is 0.139. The number of hydrogen-bond acceptors (Lipinski definition) is 10. The summed E-state index contributed by atoms with van der Waals surface area (Å²) in [6.45, 7) is 5.37. The van der Waals surface area contributed by atoms with E-state index in [-0.39, 0.29) is 34.6 Å². The number of amides is 4. The molecule has 16 heteroatoms. The van der Waals surface area contributed by atoms with Crippen molar-refractivity contribution in [2.24, 2.45) is 0 Å². The number of rotatable bonds is 10. The lowest BCUT2D eigenvalue weighted by molar-refractivity contribution is -0.385. The smallest absolute Gasteiger partial charge is 0.421 e. The highest BCUT2D eigenvalue weighted by Crippen LogP contribution is 2.35. The molecular weight excluding hydrogens is 644 g/mol. The van der Waals surface area contributed by atoms with Crippen molar-refractivity contribution >= 4 is 69.1 Å². The molecule has 3 aromatic rings. The van der Waals surface area contributed by atoms with Gasteiger partial charge in [-0.2, -0.15) is 0 Å². The second-order valence-corrected chi connectivity index (χ2v) is 10.6. The van der Waals surface area contributed by atoms with Gasteiger partial charge < -0.3 is 9.47 Å². The number of carbonyl (C=O) groups is 3. The normalized spacial score (nSPS) is 10.6. The van der Waals surface area contributed by atoms with Crippen LogP contribution in [-0.2, 0) is 4.74 Å². The summed E-state index contributed by atoms with van der Waals surface area (Å²) in [6, 6.07) is 8.48. The fourth-order valence-electron chi connectivity index (χ4n) is 3.12. The Balaban J connectivity index is 1.95. The van der Waals surface area contributed by atoms with Gasteiger partial charge in [0.1, 0.15) is 11.3 Å². The lowest BCUT2D eigenvalue weighted by atomic mass is 10.1. The van der Waals surface area contributed by atoms with E-state index >= 15 is 0 Å². The first kappa shape index (κ1) is 31.6. The molecule has 0 aliphatic rings. The summed E-state index contributed by atoms with van der Waals surface area (Å²) >= 11 is 10.3. The Kier molecular flexibility index (Phi) is 11.3. The molecule has 0 saturated heterocycles. The number of hydrogen-bond donors (Lipinski definition) is 1. The molecule has 13 nitrogen and oxygen atoms in total. The molecule has 41 heavy (non-hydrogen) atoms. The molecule has 0 saturated carbocycles. The van der Waals surface area contributed by atoms with Crippen molar-refractivity contribution in [3.8, 4) is 11.8 Å². The van der Waals surface area contributed by atoms with Crippen LogP contribution in [0, 0.1) is 10.1 Å². The van der Waals surface area contributed by atoms with Crippen molar-refractivity contribution in [1.29, 1.82) is 0 Å². The molecule has 0 fully saturated rings. The number of carbonyl (C=O) groups excluding carboxylic acids is 3. The number of halogens is 2. The van der Waals surface area contributed by atoms with Crippen LogP contribution in [0.25, 0.3) is 0 Å². The third kappa shape index (κ3) is 8.77. The first-order chi connectivity index (χ1) is 19.5. The molecule has 216 valence electrons. The Morgan fingerprint density at radius 1 is 1.17 bits per heavy atom. The zero-order chi connectivity index (χ0) is 30.1. The predicted octanol–water partition coefficient (Wildman–Crippen LogP) is 6.77. The Morgan fingerprint density at radius 2 is 1.85 bits per heavy atom. The second-order valence-electron chi connectivity index (χ2n) is 8.34. The number of para-hydroxylation sites is 1. The van der Waals surface area contributed by atoms with Crippen LogP contribution in [0.5, 0.6) is 11.8 Å². The third-order valence-electron chi connectivity index (χ3n) is 4.85. The Bertz CT molecular complexity index is 1430. The molecule has 0 spiro atoms. The van der Waals surface area contributed by atoms with Gasteiger partial charge in [0.25, 0.3) is 11.6 Å². The summed E-state index contributed by atoms with van der Waals surface area (Å²) < 4.78 is 13.7. The summed E-state index contributed by atoms with van der Waals surface area (Å²) in [4.78, 5) is 57.8. The van der Waals surface area contributed by atoms with Gasteiger partial charge in [-0.3, -0.25) is 20.2 Å². The molecule has 0 unspecified atom stereocenters. The van der Waals surface area contributed by atoms with Gasteiger partial charge in [-0.25, -0.2) is 28.2 Å². The Hall–Kier alpha value is -3.95. The SMILES string of the molecule is CCCN(SN(C(=O)NC(=O)c1ccccc1[N+](=O)[O-])c1ccc(Oc2ncc(Br)cn2)c(Cl)c1)C(=O)OC(C)C. The fourth-order valence-corrected chi connectivity index (χ4v) is 4.44. The van der Waals surface area contributed by atoms with Crippen LogP contribution in [0.2, 0.25) is 5.02 Å². The predicted molar refractivity (Wildman–Crippen MR) is 156 cm³/mol. The summed E-state index contributed by atoms with van der Waals surface area (Å²) in [5, 5.41) is 13.6. The Labute approximate surface area is 252 Å². The molecule has 2 aromatic carbocycles. The van der Waals surface area contributed by atoms with Gasteiger partial charge in [-0.15, -0.1) is 0 Å². The summed E-state index contributed by atoms with van der Waals surface area (Å²) in [7, 11) is 0. The first-order valence-electron chi connectivity index (χ1n) is 12.0. The standard InChI is InChI=1S/C25H24BrClN6O7S/c1-4-11-31(25(36)39-15(2)3)41-32(24(35)30-22(34)18-7-5-6-8-20(18)33(37)38)17-9-10-21(19(27)12-17)40-23-28-13-16(26)14-29-23/h5-10,12-15H,4,11H2,1-3H3,(H,30,34,35). The molecule has 0 bridgehead atoms. The van der Waals surface area contributed by atoms with E-state index in [9.17, 15) is 24.5 Å². The van der Waals surface area contributed by atoms with E-state index in [4.69, 9.17) is 21.1 Å². The minimum Gasteiger partial charge on any atom is -0.446 e. The van der Waals surface area contributed by atoms with E-state index in [1.807, 2.05) is 6.92 Å². The number of urea groups is 1. The molecule has 4 amide bonds. The number of nitrogens with one attached hydrogen (secondary N) is 1. The highest BCUT2D eigenvalue weighted by atomic mass is 79.9. The minimum atomic E-state index is -1.02. The van der Waals surface area contributed by atoms with E-state index < -0.39 is 34.7 Å². The third-order valence-corrected chi connectivity index (χ3v) is 6.62. The van der Waals surface area contributed by atoms with Crippen molar-refractivity contribution in [2.75, 3.05) is 10.8 Å². The lowest BCUT2D eigenvalue weighted by Gasteiger charge is -2.28. The van der Waals surface area contributed by atoms with Crippen molar-refractivity contribution < 1.29 is 28.8 Å². The highest BCUT2D eigenvalue weighted by Gasteiger charge is 2.29. The summed E-state index contributed by atoms with van der Waals surface area (Å²) in [5.74, 6) is -0.846. The van der Waals surface area contributed by atoms with Crippen LogP contribution in [0.15, 0.2) is 59.3 Å². The summed E-state index contributed by atoms with van der Waals surface area (Å²) in [6.07, 6.45) is 2.34. The van der Waals surface area contributed by atoms with Gasteiger partial charge >= 0.3 is 18.1 Å². The van der Waals surface area contributed by atoms with Crippen molar-refractivity contribution in [3.63, 3.8) is 0 Å². The number of nitro benzene ring substituents is 1. The molecule has 0 radical (unpaired) electrons. The van der Waals surface area contributed by atoms with Gasteiger partial charge in [0.2, 0.25) is 0 Å². The molecule has 0 aliphatic carbocycles. The van der Waals surface area contributed by atoms with Gasteiger partial charge in [0, 0.05) is 25.0 Å². The van der Waals surface area contributed by atoms with Crippen LogP contribution in [0.3, 0.4) is 0 Å². The molecular formula is C25H24BrClN6O7S. The maximum Gasteiger partial charge on any atom is 0.421 e. The number of nitrogens with zero attached hydrogens (tertiary/aromatic N) is 5. The van der Waals surface area contributed by atoms with Crippen LogP contribution < -0.4 is 14.4 Å². The minimum absolute atomic E-state index is 0.0208. The van der Waals surface area contributed by atoms with Crippen molar-refractivity contribution in [2.45, 2.75) is 33.3 Å². The van der Waals surface area contributed by atoms with Crippen molar-refractivity contribution in [3.05, 3.63) is 80.0 Å². The monoisotopic (exact) mass is 666 g/mol. The zero-order valence-corrected chi connectivity index (χ0v) is 25.1. The van der Waals surface area contributed by atoms with E-state index in [0.29, 0.717) is 23.0 Å². The van der Waals surface area contributed by atoms with Crippen LogP contribution >= 0.6 is 39.7 Å². The van der Waals surface area contributed by atoms with Crippen LogP contribution in [0.4, 0.5) is 21.0 Å². The number of aromatic nitrogens is 2. The molecule has 1 aromatic heterocycles. The highest BCUT2D eigenvalue weighted by molar-refractivity contribution is 9.10. The largest absolute Gasteiger partial charge is 0.446 e. The van der Waals surface area contributed by atoms with Gasteiger partial charge in [0.05, 0.1) is 38.3 Å². The molecule has 1 heterocycles. The fraction of sp³-hybridized carbons (Fsp3) is 0.240. The van der Waals surface area contributed by atoms with E-state index in [1.54, 1.807) is 13.8 Å². The number of imide groups is 1. The van der Waals surface area contributed by atoms with E-state index in [0.717, 1.165) is 10.4 Å². The average Bonchev–Trinajstić information content (AvgIpc) is 2.92. The van der Waals surface area contributed by atoms with Crippen LogP contribution in [0.1, 0.15) is 37.6 Å². The number of anilines is 1. The Morgan fingerprint density at radius 3 is 2.46 bits per heavy atom. The van der Waals surface area contributed by atoms with Gasteiger partial charge in [-0.1, -0.05) is 30.7 Å². The lowest BCUT2D eigenvalue weighted by Crippen LogP contribution is -2.43. The summed E-state index contributed by atoms with van der Waals surface area (Å²) in [5.41, 5.74) is -0.656. The second kappa shape index (κ2) is 14.6. The van der Waals surface area contributed by atoms with Gasteiger partial charge in [0.15, 0.2) is 0 Å². The number of benzene rings is 2. The van der Waals surface area contributed by atoms with Crippen LogP contribution in [-0.4, -0.2) is 49.9 Å². The molecule has 1 N–H and O–H groups in total. The van der Waals surface area contributed by atoms with E-state index in [2.05, 4.69) is 31.2 Å². The number of nitro groups is 1. The van der Waals surface area contributed by atoms with Gasteiger partial charge in [-0.05, 0) is 60.5 Å².